The number of carbonyl (C=O) groups excluding carboxylic acids is 5. The van der Waals surface area contributed by atoms with Crippen molar-refractivity contribution in [1.29, 1.82) is 0 Å². The van der Waals surface area contributed by atoms with Crippen LogP contribution in [0.3, 0.4) is 0 Å². The van der Waals surface area contributed by atoms with Crippen LogP contribution in [0.5, 0.6) is 0 Å². The van der Waals surface area contributed by atoms with Gasteiger partial charge >= 0.3 is 0 Å². The molecular formula is C41H38N6O8S. The highest BCUT2D eigenvalue weighted by Gasteiger charge is 2.49. The van der Waals surface area contributed by atoms with E-state index in [2.05, 4.69) is 21.3 Å². The average Bonchev–Trinajstić information content (AvgIpc) is 3.75. The molecule has 4 aromatic carbocycles. The Morgan fingerprint density at radius 3 is 2.46 bits per heavy atom. The van der Waals surface area contributed by atoms with Gasteiger partial charge in [-0.3, -0.25) is 34.2 Å². The van der Waals surface area contributed by atoms with E-state index < -0.39 is 51.6 Å². The fourth-order valence-electron chi connectivity index (χ4n) is 8.12. The Balaban J connectivity index is 0.985. The van der Waals surface area contributed by atoms with Crippen LogP contribution < -0.4 is 21.3 Å². The van der Waals surface area contributed by atoms with Crippen LogP contribution in [-0.4, -0.2) is 77.5 Å². The highest BCUT2D eigenvalue weighted by molar-refractivity contribution is 7.89. The van der Waals surface area contributed by atoms with Gasteiger partial charge in [0.05, 0.1) is 40.4 Å². The molecule has 0 aromatic heterocycles. The zero-order valence-electron chi connectivity index (χ0n) is 30.2. The van der Waals surface area contributed by atoms with Gasteiger partial charge in [0.15, 0.2) is 0 Å². The van der Waals surface area contributed by atoms with Gasteiger partial charge in [0.2, 0.25) is 27.7 Å². The van der Waals surface area contributed by atoms with Crippen LogP contribution in [0.25, 0.3) is 11.1 Å². The molecule has 0 aliphatic carbocycles. The fraction of sp³-hybridized carbons (Fsp3) is 0.244. The molecule has 286 valence electrons. The molecule has 56 heavy (non-hydrogen) atoms. The van der Waals surface area contributed by atoms with E-state index in [0.29, 0.717) is 18.7 Å². The molecule has 4 atom stereocenters. The number of anilines is 3. The summed E-state index contributed by atoms with van der Waals surface area (Å²) in [6.45, 7) is 2.08. The Hall–Kier alpha value is -6.16. The first-order chi connectivity index (χ1) is 26.9. The first-order valence-corrected chi connectivity index (χ1v) is 19.7. The standard InChI is InChI=1S/C41H38N6O8S/c1-23-8-11-27(12-9-23)56(54,55)46-19-17-28-33(22-48)44-31-13-10-25(21-30(31)38(28)46)24-4-2-5-26(20-24)43-36(50)16-18-42-32-7-3-6-29-37(32)41(53)47(40(29)52)34-14-15-35(49)45-39(34)51/h2-13,16,18,20-21,28,33-34,38,42,44,48H,14-15,17,19,22H2,1H3,(H,43,50)(H,45,49,51)/t28-,33+,34?,38-/m1/s1. The van der Waals surface area contributed by atoms with Gasteiger partial charge in [-0.15, -0.1) is 0 Å². The maximum atomic E-state index is 14.0. The van der Waals surface area contributed by atoms with Crippen molar-refractivity contribution in [3.8, 4) is 11.1 Å². The molecule has 4 aliphatic rings. The Labute approximate surface area is 322 Å². The van der Waals surface area contributed by atoms with Crippen molar-refractivity contribution >= 4 is 56.6 Å². The summed E-state index contributed by atoms with van der Waals surface area (Å²) in [5.74, 6) is -3.10. The van der Waals surface area contributed by atoms with Crippen LogP contribution in [0.15, 0.2) is 102 Å². The lowest BCUT2D eigenvalue weighted by Gasteiger charge is -2.39. The Morgan fingerprint density at radius 2 is 1.70 bits per heavy atom. The number of aryl methyl sites for hydroxylation is 1. The second-order valence-corrected chi connectivity index (χ2v) is 16.2. The van der Waals surface area contributed by atoms with Crippen LogP contribution in [0.4, 0.5) is 17.1 Å². The molecule has 2 fully saturated rings. The van der Waals surface area contributed by atoms with Crippen molar-refractivity contribution in [2.45, 2.75) is 49.2 Å². The largest absolute Gasteiger partial charge is 0.394 e. The molecule has 0 saturated carbocycles. The summed E-state index contributed by atoms with van der Waals surface area (Å²) in [6.07, 6.45) is 3.20. The molecule has 15 heteroatoms. The second kappa shape index (κ2) is 14.5. The summed E-state index contributed by atoms with van der Waals surface area (Å²) in [5, 5.41) is 21.6. The lowest BCUT2D eigenvalue weighted by molar-refractivity contribution is -0.136. The summed E-state index contributed by atoms with van der Waals surface area (Å²) in [4.78, 5) is 64.7. The summed E-state index contributed by atoms with van der Waals surface area (Å²) >= 11 is 0. The van der Waals surface area contributed by atoms with Gasteiger partial charge < -0.3 is 21.1 Å². The van der Waals surface area contributed by atoms with Gasteiger partial charge in [0.1, 0.15) is 6.04 Å². The summed E-state index contributed by atoms with van der Waals surface area (Å²) in [5.41, 5.74) is 5.04. The van der Waals surface area contributed by atoms with E-state index in [1.165, 1.54) is 18.3 Å². The highest BCUT2D eigenvalue weighted by atomic mass is 32.2. The first-order valence-electron chi connectivity index (χ1n) is 18.2. The molecule has 4 aromatic rings. The summed E-state index contributed by atoms with van der Waals surface area (Å²) in [7, 11) is -3.84. The van der Waals surface area contributed by atoms with E-state index >= 15 is 0 Å². The van der Waals surface area contributed by atoms with Crippen molar-refractivity contribution in [3.63, 3.8) is 0 Å². The predicted octanol–water partition coefficient (Wildman–Crippen LogP) is 4.17. The lowest BCUT2D eigenvalue weighted by atomic mass is 9.82. The van der Waals surface area contributed by atoms with E-state index in [1.54, 1.807) is 58.9 Å². The minimum atomic E-state index is -3.84. The third kappa shape index (κ3) is 6.52. The smallest absolute Gasteiger partial charge is 0.264 e. The number of carbonyl (C=O) groups is 5. The van der Waals surface area contributed by atoms with Crippen LogP contribution in [0, 0.1) is 12.8 Å². The van der Waals surface area contributed by atoms with E-state index in [4.69, 9.17) is 0 Å². The zero-order chi connectivity index (χ0) is 39.3. The SMILES string of the molecule is Cc1ccc(S(=O)(=O)N2CC[C@@H]3[C@H](CO)Nc4ccc(-c5cccc(NC(=O)C=CNc6cccc7c6C(=O)N(C6CCC(=O)NC6=O)C7=O)c5)cc4[C@@H]32)cc1. The van der Waals surface area contributed by atoms with Crippen molar-refractivity contribution in [1.82, 2.24) is 14.5 Å². The molecule has 2 saturated heterocycles. The summed E-state index contributed by atoms with van der Waals surface area (Å²) in [6, 6.07) is 22.5. The number of hydrogen-bond donors (Lipinski definition) is 5. The van der Waals surface area contributed by atoms with Gasteiger partial charge in [0, 0.05) is 42.5 Å². The van der Waals surface area contributed by atoms with Gasteiger partial charge in [-0.1, -0.05) is 42.0 Å². The van der Waals surface area contributed by atoms with E-state index in [9.17, 15) is 37.5 Å². The molecule has 4 aliphatic heterocycles. The van der Waals surface area contributed by atoms with Crippen molar-refractivity contribution < 1.29 is 37.5 Å². The number of piperidine rings is 1. The maximum absolute atomic E-state index is 14.0. The normalized spacial score (nSPS) is 22.0. The molecule has 0 spiro atoms. The fourth-order valence-corrected chi connectivity index (χ4v) is 9.78. The predicted molar refractivity (Wildman–Crippen MR) is 207 cm³/mol. The number of imide groups is 2. The first kappa shape index (κ1) is 36.8. The molecule has 1 unspecified atom stereocenters. The number of amides is 5. The number of nitrogens with one attached hydrogen (secondary N) is 4. The van der Waals surface area contributed by atoms with Gasteiger partial charge in [-0.25, -0.2) is 8.42 Å². The average molecular weight is 775 g/mol. The van der Waals surface area contributed by atoms with Crippen LogP contribution in [0.2, 0.25) is 0 Å². The zero-order valence-corrected chi connectivity index (χ0v) is 31.0. The van der Waals surface area contributed by atoms with Gasteiger partial charge in [-0.2, -0.15) is 4.31 Å². The van der Waals surface area contributed by atoms with E-state index in [0.717, 1.165) is 32.8 Å². The highest BCUT2D eigenvalue weighted by Crippen LogP contribution is 2.49. The maximum Gasteiger partial charge on any atom is 0.264 e. The molecule has 0 radical (unpaired) electrons. The number of hydrogen-bond acceptors (Lipinski definition) is 10. The molecule has 14 nitrogen and oxygen atoms in total. The Kier molecular flexibility index (Phi) is 9.52. The minimum Gasteiger partial charge on any atom is -0.394 e. The third-order valence-corrected chi connectivity index (χ3v) is 12.8. The topological polar surface area (TPSA) is 194 Å². The molecule has 5 N–H and O–H groups in total. The van der Waals surface area contributed by atoms with Crippen LogP contribution >= 0.6 is 0 Å². The number of sulfonamides is 1. The molecule has 4 heterocycles. The Bertz CT molecular complexity index is 2450. The Morgan fingerprint density at radius 1 is 0.929 bits per heavy atom. The molecule has 5 amide bonds. The second-order valence-electron chi connectivity index (χ2n) is 14.3. The monoisotopic (exact) mass is 774 g/mol. The van der Waals surface area contributed by atoms with E-state index in [-0.39, 0.29) is 53.1 Å². The quantitative estimate of drug-likeness (QED) is 0.122. The van der Waals surface area contributed by atoms with Crippen LogP contribution in [-0.2, 0) is 24.4 Å². The third-order valence-electron chi connectivity index (χ3n) is 10.9. The molecule has 8 rings (SSSR count). The minimum absolute atomic E-state index is 0.00725. The number of aliphatic hydroxyl groups is 1. The lowest BCUT2D eigenvalue weighted by Crippen LogP contribution is -2.54. The summed E-state index contributed by atoms with van der Waals surface area (Å²) < 4.78 is 29.5. The molecule has 0 bridgehead atoms. The van der Waals surface area contributed by atoms with Gasteiger partial charge in [0.25, 0.3) is 11.8 Å². The van der Waals surface area contributed by atoms with Crippen molar-refractivity contribution in [2.24, 2.45) is 5.92 Å². The van der Waals surface area contributed by atoms with Gasteiger partial charge in [-0.05, 0) is 85.0 Å². The van der Waals surface area contributed by atoms with Crippen LogP contribution in [0.1, 0.15) is 57.1 Å². The van der Waals surface area contributed by atoms with Crippen molar-refractivity contribution in [3.05, 3.63) is 119 Å². The number of aliphatic hydroxyl groups excluding tert-OH is 1. The molecular weight excluding hydrogens is 737 g/mol. The van der Waals surface area contributed by atoms with Crippen molar-refractivity contribution in [2.75, 3.05) is 29.1 Å². The number of rotatable bonds is 9. The van der Waals surface area contributed by atoms with E-state index in [1.807, 2.05) is 31.2 Å². The number of benzene rings is 4. The number of nitrogens with zero attached hydrogens (tertiary/aromatic N) is 2. The number of fused-ring (bicyclic) bond motifs is 4.